The topological polar surface area (TPSA) is 100 Å². The normalized spacial score (nSPS) is 10.5. The highest BCUT2D eigenvalue weighted by molar-refractivity contribution is 6.39. The fourth-order valence-corrected chi connectivity index (χ4v) is 2.01. The van der Waals surface area contributed by atoms with Crippen LogP contribution in [0.4, 0.5) is 5.69 Å². The highest BCUT2D eigenvalue weighted by Gasteiger charge is 2.13. The molecule has 0 spiro atoms. The smallest absolute Gasteiger partial charge is 0.329 e. The van der Waals surface area contributed by atoms with Crippen molar-refractivity contribution in [3.63, 3.8) is 0 Å². The van der Waals surface area contributed by atoms with E-state index in [1.165, 1.54) is 24.4 Å². The Kier molecular flexibility index (Phi) is 6.36. The molecule has 0 heterocycles. The number of hydrogen-bond donors (Lipinski definition) is 3. The predicted octanol–water partition coefficient (Wildman–Crippen LogP) is 2.53. The second-order valence-electron chi connectivity index (χ2n) is 4.81. The molecule has 8 heteroatoms. The lowest BCUT2D eigenvalue weighted by Gasteiger charge is -2.06. The Hall–Kier alpha value is -3.06. The van der Waals surface area contributed by atoms with Crippen LogP contribution in [0.1, 0.15) is 12.5 Å². The molecule has 2 rings (SSSR count). The summed E-state index contributed by atoms with van der Waals surface area (Å²) in [6, 6.07) is 11.0. The number of anilines is 1. The van der Waals surface area contributed by atoms with Gasteiger partial charge in [-0.1, -0.05) is 11.6 Å². The van der Waals surface area contributed by atoms with Gasteiger partial charge in [-0.2, -0.15) is 5.10 Å². The van der Waals surface area contributed by atoms with Crippen molar-refractivity contribution in [1.82, 2.24) is 5.43 Å². The minimum Gasteiger partial charge on any atom is -0.507 e. The van der Waals surface area contributed by atoms with Gasteiger partial charge in [0.1, 0.15) is 11.5 Å². The number of amides is 2. The molecule has 25 heavy (non-hydrogen) atoms. The van der Waals surface area contributed by atoms with Gasteiger partial charge in [0.2, 0.25) is 0 Å². The Morgan fingerprint density at radius 1 is 1.20 bits per heavy atom. The van der Waals surface area contributed by atoms with Crippen molar-refractivity contribution in [2.24, 2.45) is 5.10 Å². The third-order valence-electron chi connectivity index (χ3n) is 2.99. The first-order valence-electron chi connectivity index (χ1n) is 7.35. The molecule has 0 unspecified atom stereocenters. The summed E-state index contributed by atoms with van der Waals surface area (Å²) in [6.07, 6.45) is 1.18. The van der Waals surface area contributed by atoms with Crippen LogP contribution in [0.3, 0.4) is 0 Å². The number of carbonyl (C=O) groups excluding carboxylic acids is 2. The average Bonchev–Trinajstić information content (AvgIpc) is 2.59. The molecule has 130 valence electrons. The van der Waals surface area contributed by atoms with Crippen LogP contribution in [-0.2, 0) is 9.59 Å². The number of phenolic OH excluding ortho intramolecular Hbond substituents is 1. The van der Waals surface area contributed by atoms with Gasteiger partial charge >= 0.3 is 11.8 Å². The number of benzene rings is 2. The van der Waals surface area contributed by atoms with Gasteiger partial charge in [-0.15, -0.1) is 0 Å². The van der Waals surface area contributed by atoms with Gasteiger partial charge in [0.05, 0.1) is 12.8 Å². The zero-order chi connectivity index (χ0) is 18.2. The lowest BCUT2D eigenvalue weighted by Crippen LogP contribution is -2.32. The molecule has 0 saturated carbocycles. The van der Waals surface area contributed by atoms with Crippen molar-refractivity contribution in [2.75, 3.05) is 11.9 Å². The zero-order valence-electron chi connectivity index (χ0n) is 13.3. The fourth-order valence-electron chi connectivity index (χ4n) is 1.83. The number of nitrogens with one attached hydrogen (secondary N) is 2. The van der Waals surface area contributed by atoms with Gasteiger partial charge in [0.25, 0.3) is 0 Å². The second-order valence-corrected chi connectivity index (χ2v) is 5.25. The Bertz CT molecular complexity index is 791. The SMILES string of the molecule is CCOc1ccc(NC(=O)C(=O)NN=Cc2cc(Cl)ccc2O)cc1. The maximum atomic E-state index is 11.8. The van der Waals surface area contributed by atoms with E-state index in [1.807, 2.05) is 6.92 Å². The van der Waals surface area contributed by atoms with Crippen LogP contribution in [0, 0.1) is 0 Å². The Balaban J connectivity index is 1.90. The molecule has 0 aliphatic heterocycles. The summed E-state index contributed by atoms with van der Waals surface area (Å²) in [6.45, 7) is 2.40. The predicted molar refractivity (Wildman–Crippen MR) is 95.1 cm³/mol. The minimum absolute atomic E-state index is 0.0544. The summed E-state index contributed by atoms with van der Waals surface area (Å²) in [5, 5.41) is 16.1. The van der Waals surface area contributed by atoms with E-state index in [-0.39, 0.29) is 5.75 Å². The van der Waals surface area contributed by atoms with E-state index in [1.54, 1.807) is 24.3 Å². The quantitative estimate of drug-likeness (QED) is 0.433. The molecule has 2 amide bonds. The molecular weight excluding hydrogens is 346 g/mol. The summed E-state index contributed by atoms with van der Waals surface area (Å²) in [5.41, 5.74) is 2.82. The first-order chi connectivity index (χ1) is 12.0. The van der Waals surface area contributed by atoms with Gasteiger partial charge < -0.3 is 15.2 Å². The van der Waals surface area contributed by atoms with Crippen molar-refractivity contribution in [2.45, 2.75) is 6.92 Å². The first-order valence-corrected chi connectivity index (χ1v) is 7.73. The number of aromatic hydroxyl groups is 1. The molecule has 0 aliphatic rings. The van der Waals surface area contributed by atoms with Gasteiger partial charge in [-0.25, -0.2) is 5.43 Å². The van der Waals surface area contributed by atoms with E-state index in [9.17, 15) is 14.7 Å². The summed E-state index contributed by atoms with van der Waals surface area (Å²) in [5.74, 6) is -1.22. The van der Waals surface area contributed by atoms with Crippen LogP contribution in [0.5, 0.6) is 11.5 Å². The molecule has 0 aromatic heterocycles. The van der Waals surface area contributed by atoms with Crippen molar-refractivity contribution in [1.29, 1.82) is 0 Å². The molecule has 3 N–H and O–H groups in total. The minimum atomic E-state index is -0.952. The molecule has 0 saturated heterocycles. The Morgan fingerprint density at radius 2 is 1.92 bits per heavy atom. The first kappa shape index (κ1) is 18.3. The maximum Gasteiger partial charge on any atom is 0.329 e. The van der Waals surface area contributed by atoms with Crippen LogP contribution in [0.15, 0.2) is 47.6 Å². The molecule has 7 nitrogen and oxygen atoms in total. The average molecular weight is 362 g/mol. The standard InChI is InChI=1S/C17H16ClN3O4/c1-2-25-14-6-4-13(5-7-14)20-16(23)17(24)21-19-10-11-9-12(18)3-8-15(11)22/h3-10,22H,2H2,1H3,(H,20,23)(H,21,24). The number of carbonyl (C=O) groups is 2. The molecule has 2 aromatic rings. The Labute approximate surface area is 149 Å². The number of phenols is 1. The van der Waals surface area contributed by atoms with Crippen molar-refractivity contribution < 1.29 is 19.4 Å². The Morgan fingerprint density at radius 3 is 2.60 bits per heavy atom. The molecule has 0 aliphatic carbocycles. The zero-order valence-corrected chi connectivity index (χ0v) is 14.1. The van der Waals surface area contributed by atoms with Gasteiger partial charge in [0, 0.05) is 16.3 Å². The highest BCUT2D eigenvalue weighted by Crippen LogP contribution is 2.19. The summed E-state index contributed by atoms with van der Waals surface area (Å²) in [4.78, 5) is 23.5. The lowest BCUT2D eigenvalue weighted by molar-refractivity contribution is -0.136. The van der Waals surface area contributed by atoms with E-state index < -0.39 is 11.8 Å². The van der Waals surface area contributed by atoms with E-state index in [0.29, 0.717) is 28.6 Å². The lowest BCUT2D eigenvalue weighted by atomic mass is 10.2. The van der Waals surface area contributed by atoms with Crippen molar-refractivity contribution in [3.8, 4) is 11.5 Å². The van der Waals surface area contributed by atoms with Crippen molar-refractivity contribution in [3.05, 3.63) is 53.1 Å². The molecule has 0 bridgehead atoms. The number of nitrogens with zero attached hydrogens (tertiary/aromatic N) is 1. The highest BCUT2D eigenvalue weighted by atomic mass is 35.5. The van der Waals surface area contributed by atoms with Gasteiger partial charge in [-0.05, 0) is 49.4 Å². The number of hydrogen-bond acceptors (Lipinski definition) is 5. The van der Waals surface area contributed by atoms with E-state index >= 15 is 0 Å². The van der Waals surface area contributed by atoms with Gasteiger partial charge in [0.15, 0.2) is 0 Å². The van der Waals surface area contributed by atoms with Crippen LogP contribution in [0.25, 0.3) is 0 Å². The van der Waals surface area contributed by atoms with Crippen LogP contribution in [0.2, 0.25) is 5.02 Å². The molecule has 0 radical (unpaired) electrons. The second kappa shape index (κ2) is 8.70. The third kappa shape index (κ3) is 5.50. The number of hydrazone groups is 1. The van der Waals surface area contributed by atoms with E-state index in [0.717, 1.165) is 0 Å². The molecule has 0 atom stereocenters. The van der Waals surface area contributed by atoms with E-state index in [2.05, 4.69) is 15.8 Å². The largest absolute Gasteiger partial charge is 0.507 e. The monoisotopic (exact) mass is 361 g/mol. The fraction of sp³-hybridized carbons (Fsp3) is 0.118. The van der Waals surface area contributed by atoms with Crippen molar-refractivity contribution >= 4 is 35.3 Å². The molecular formula is C17H16ClN3O4. The summed E-state index contributed by atoms with van der Waals surface area (Å²) < 4.78 is 5.29. The van der Waals surface area contributed by atoms with Crippen LogP contribution < -0.4 is 15.5 Å². The molecule has 2 aromatic carbocycles. The number of halogens is 1. The summed E-state index contributed by atoms with van der Waals surface area (Å²) >= 11 is 5.80. The van der Waals surface area contributed by atoms with E-state index in [4.69, 9.17) is 16.3 Å². The maximum absolute atomic E-state index is 11.8. The number of rotatable bonds is 5. The summed E-state index contributed by atoms with van der Waals surface area (Å²) in [7, 11) is 0. The third-order valence-corrected chi connectivity index (χ3v) is 3.22. The molecule has 0 fully saturated rings. The van der Waals surface area contributed by atoms with Crippen LogP contribution >= 0.6 is 11.6 Å². The van der Waals surface area contributed by atoms with Gasteiger partial charge in [-0.3, -0.25) is 9.59 Å². The number of ether oxygens (including phenoxy) is 1. The van der Waals surface area contributed by atoms with Crippen LogP contribution in [-0.4, -0.2) is 29.7 Å².